The predicted octanol–water partition coefficient (Wildman–Crippen LogP) is 2.01. The average molecular weight is 242 g/mol. The van der Waals surface area contributed by atoms with Crippen molar-refractivity contribution in [2.24, 2.45) is 0 Å². The van der Waals surface area contributed by atoms with Crippen LogP contribution in [-0.4, -0.2) is 22.1 Å². The van der Waals surface area contributed by atoms with E-state index in [0.29, 0.717) is 11.7 Å². The second-order valence-electron chi connectivity index (χ2n) is 4.35. The number of rotatable bonds is 3. The molecule has 0 aliphatic heterocycles. The molecule has 0 radical (unpaired) electrons. The summed E-state index contributed by atoms with van der Waals surface area (Å²) in [6, 6.07) is 7.64. The lowest BCUT2D eigenvalue weighted by atomic mass is 10.2. The Hall–Kier alpha value is -2.17. The van der Waals surface area contributed by atoms with Gasteiger partial charge in [0, 0.05) is 5.92 Å². The van der Waals surface area contributed by atoms with Gasteiger partial charge in [-0.15, -0.1) is 0 Å². The minimum absolute atomic E-state index is 0.271. The van der Waals surface area contributed by atoms with Gasteiger partial charge >= 0.3 is 0 Å². The van der Waals surface area contributed by atoms with Crippen LogP contribution < -0.4 is 10.5 Å². The van der Waals surface area contributed by atoms with E-state index in [9.17, 15) is 0 Å². The fourth-order valence-corrected chi connectivity index (χ4v) is 1.88. The van der Waals surface area contributed by atoms with Gasteiger partial charge in [-0.1, -0.05) is 12.1 Å². The molecule has 92 valence electrons. The number of para-hydroxylation sites is 1. The van der Waals surface area contributed by atoms with Gasteiger partial charge in [-0.05, 0) is 25.0 Å². The summed E-state index contributed by atoms with van der Waals surface area (Å²) in [6.45, 7) is 0. The summed E-state index contributed by atoms with van der Waals surface area (Å²) in [5.41, 5.74) is 6.59. The first-order valence-electron chi connectivity index (χ1n) is 5.93. The summed E-state index contributed by atoms with van der Waals surface area (Å²) in [4.78, 5) is 12.9. The zero-order valence-electron chi connectivity index (χ0n) is 10.1. The third-order valence-corrected chi connectivity index (χ3v) is 2.96. The zero-order valence-corrected chi connectivity index (χ0v) is 10.1. The molecule has 1 aliphatic carbocycles. The highest BCUT2D eigenvalue weighted by atomic mass is 16.5. The lowest BCUT2D eigenvalue weighted by Crippen LogP contribution is -2.04. The third kappa shape index (κ3) is 1.99. The minimum atomic E-state index is 0.271. The summed E-state index contributed by atoms with van der Waals surface area (Å²) in [5.74, 6) is 2.84. The maximum absolute atomic E-state index is 5.75. The highest BCUT2D eigenvalue weighted by Crippen LogP contribution is 2.39. The van der Waals surface area contributed by atoms with Crippen LogP contribution in [0.25, 0.3) is 11.4 Å². The number of nitrogens with two attached hydrogens (primary N) is 1. The van der Waals surface area contributed by atoms with Crippen LogP contribution in [0.3, 0.4) is 0 Å². The second-order valence-corrected chi connectivity index (χ2v) is 4.35. The molecule has 18 heavy (non-hydrogen) atoms. The van der Waals surface area contributed by atoms with E-state index in [4.69, 9.17) is 10.5 Å². The van der Waals surface area contributed by atoms with Crippen LogP contribution in [0.2, 0.25) is 0 Å². The van der Waals surface area contributed by atoms with Crippen molar-refractivity contribution in [2.45, 2.75) is 18.8 Å². The largest absolute Gasteiger partial charge is 0.496 e. The molecule has 1 saturated carbocycles. The van der Waals surface area contributed by atoms with Gasteiger partial charge in [0.25, 0.3) is 0 Å². The first kappa shape index (κ1) is 11.0. The number of hydrogen-bond acceptors (Lipinski definition) is 5. The maximum atomic E-state index is 5.75. The highest BCUT2D eigenvalue weighted by Gasteiger charge is 2.27. The molecule has 2 aromatic rings. The molecule has 1 heterocycles. The number of ether oxygens (including phenoxy) is 1. The Balaban J connectivity index is 2.10. The topological polar surface area (TPSA) is 73.9 Å². The summed E-state index contributed by atoms with van der Waals surface area (Å²) in [6.07, 6.45) is 2.27. The molecule has 0 amide bonds. The standard InChI is InChI=1S/C13H14N4O/c1-18-10-5-3-2-4-9(10)12-15-11(8-6-7-8)16-13(14)17-12/h2-5,8H,6-7H2,1H3,(H2,14,15,16,17). The van der Waals surface area contributed by atoms with E-state index in [2.05, 4.69) is 15.0 Å². The van der Waals surface area contributed by atoms with Gasteiger partial charge in [-0.25, -0.2) is 4.98 Å². The van der Waals surface area contributed by atoms with Crippen LogP contribution in [-0.2, 0) is 0 Å². The SMILES string of the molecule is COc1ccccc1-c1nc(N)nc(C2CC2)n1. The Morgan fingerprint density at radius 2 is 1.94 bits per heavy atom. The molecule has 1 fully saturated rings. The average Bonchev–Trinajstić information content (AvgIpc) is 3.22. The molecule has 0 unspecified atom stereocenters. The molecule has 1 aromatic heterocycles. The smallest absolute Gasteiger partial charge is 0.223 e. The molecule has 1 aromatic carbocycles. The van der Waals surface area contributed by atoms with E-state index in [-0.39, 0.29) is 5.95 Å². The Bertz CT molecular complexity index is 581. The van der Waals surface area contributed by atoms with Crippen molar-refractivity contribution in [3.8, 4) is 17.1 Å². The first-order chi connectivity index (χ1) is 8.78. The monoisotopic (exact) mass is 242 g/mol. The van der Waals surface area contributed by atoms with E-state index < -0.39 is 0 Å². The third-order valence-electron chi connectivity index (χ3n) is 2.96. The number of aromatic nitrogens is 3. The van der Waals surface area contributed by atoms with E-state index in [1.54, 1.807) is 7.11 Å². The second kappa shape index (κ2) is 4.25. The van der Waals surface area contributed by atoms with Crippen molar-refractivity contribution >= 4 is 5.95 Å². The molecular formula is C13H14N4O. The number of hydrogen-bond donors (Lipinski definition) is 1. The van der Waals surface area contributed by atoms with Crippen LogP contribution in [0.4, 0.5) is 5.95 Å². The highest BCUT2D eigenvalue weighted by molar-refractivity contribution is 5.64. The number of nitrogen functional groups attached to an aromatic ring is 1. The maximum Gasteiger partial charge on any atom is 0.223 e. The summed E-state index contributed by atoms with van der Waals surface area (Å²) >= 11 is 0. The summed E-state index contributed by atoms with van der Waals surface area (Å²) < 4.78 is 5.31. The Morgan fingerprint density at radius 3 is 2.67 bits per heavy atom. The fourth-order valence-electron chi connectivity index (χ4n) is 1.88. The number of anilines is 1. The minimum Gasteiger partial charge on any atom is -0.496 e. The van der Waals surface area contributed by atoms with Gasteiger partial charge < -0.3 is 10.5 Å². The van der Waals surface area contributed by atoms with Gasteiger partial charge in [0.2, 0.25) is 5.95 Å². The molecule has 0 bridgehead atoms. The van der Waals surface area contributed by atoms with Gasteiger partial charge in [0.05, 0.1) is 12.7 Å². The summed E-state index contributed by atoms with van der Waals surface area (Å²) in [7, 11) is 1.63. The van der Waals surface area contributed by atoms with E-state index in [1.165, 1.54) is 0 Å². The van der Waals surface area contributed by atoms with Crippen molar-refractivity contribution in [3.05, 3.63) is 30.1 Å². The van der Waals surface area contributed by atoms with Crippen LogP contribution in [0, 0.1) is 0 Å². The van der Waals surface area contributed by atoms with Crippen molar-refractivity contribution in [3.63, 3.8) is 0 Å². The van der Waals surface area contributed by atoms with Crippen LogP contribution in [0.1, 0.15) is 24.6 Å². The molecule has 1 aliphatic rings. The van der Waals surface area contributed by atoms with Gasteiger partial charge in [0.15, 0.2) is 5.82 Å². The Kier molecular flexibility index (Phi) is 2.59. The Morgan fingerprint density at radius 1 is 1.17 bits per heavy atom. The van der Waals surface area contributed by atoms with Crippen LogP contribution >= 0.6 is 0 Å². The lowest BCUT2D eigenvalue weighted by molar-refractivity contribution is 0.416. The lowest BCUT2D eigenvalue weighted by Gasteiger charge is -2.08. The number of methoxy groups -OCH3 is 1. The van der Waals surface area contributed by atoms with Gasteiger partial charge in [0.1, 0.15) is 11.6 Å². The number of benzene rings is 1. The van der Waals surface area contributed by atoms with Crippen molar-refractivity contribution in [1.82, 2.24) is 15.0 Å². The van der Waals surface area contributed by atoms with Crippen LogP contribution in [0.5, 0.6) is 5.75 Å². The molecule has 0 atom stereocenters. The molecule has 5 nitrogen and oxygen atoms in total. The molecule has 0 saturated heterocycles. The molecule has 3 rings (SSSR count). The van der Waals surface area contributed by atoms with Gasteiger partial charge in [-0.3, -0.25) is 0 Å². The number of nitrogens with zero attached hydrogens (tertiary/aromatic N) is 3. The van der Waals surface area contributed by atoms with E-state index >= 15 is 0 Å². The molecule has 0 spiro atoms. The van der Waals surface area contributed by atoms with Crippen molar-refractivity contribution in [1.29, 1.82) is 0 Å². The summed E-state index contributed by atoms with van der Waals surface area (Å²) in [5, 5.41) is 0. The van der Waals surface area contributed by atoms with Gasteiger partial charge in [-0.2, -0.15) is 9.97 Å². The Labute approximate surface area is 105 Å². The first-order valence-corrected chi connectivity index (χ1v) is 5.93. The zero-order chi connectivity index (χ0) is 12.5. The van der Waals surface area contributed by atoms with Crippen molar-refractivity contribution in [2.75, 3.05) is 12.8 Å². The van der Waals surface area contributed by atoms with E-state index in [0.717, 1.165) is 30.0 Å². The van der Waals surface area contributed by atoms with Crippen molar-refractivity contribution < 1.29 is 4.74 Å². The van der Waals surface area contributed by atoms with Crippen LogP contribution in [0.15, 0.2) is 24.3 Å². The predicted molar refractivity (Wildman–Crippen MR) is 68.2 cm³/mol. The fraction of sp³-hybridized carbons (Fsp3) is 0.308. The van der Waals surface area contributed by atoms with E-state index in [1.807, 2.05) is 24.3 Å². The molecule has 2 N–H and O–H groups in total. The molecule has 5 heteroatoms. The molecular weight excluding hydrogens is 228 g/mol. The normalized spacial score (nSPS) is 14.5. The quantitative estimate of drug-likeness (QED) is 0.891.